The first-order chi connectivity index (χ1) is 24.3. The van der Waals surface area contributed by atoms with Gasteiger partial charge in [0.1, 0.15) is 35.4 Å². The molecule has 0 unspecified atom stereocenters. The maximum atomic E-state index is 13.7. The van der Waals surface area contributed by atoms with Crippen LogP contribution in [0.4, 0.5) is 0 Å². The van der Waals surface area contributed by atoms with Crippen LogP contribution in [0.5, 0.6) is 0 Å². The van der Waals surface area contributed by atoms with Crippen molar-refractivity contribution in [3.8, 4) is 34.0 Å². The Morgan fingerprint density at radius 1 is 0.660 bits per heavy atom. The summed E-state index contributed by atoms with van der Waals surface area (Å²) in [6.45, 7) is 11.1. The lowest BCUT2D eigenvalue weighted by Crippen LogP contribution is -2.27. The monoisotopic (exact) mass is 686 g/mol. The third-order valence-electron chi connectivity index (χ3n) is 9.75. The Morgan fingerprint density at radius 2 is 1.06 bits per heavy atom. The topological polar surface area (TPSA) is 129 Å². The molecule has 0 aliphatic heterocycles. The van der Waals surface area contributed by atoms with Gasteiger partial charge in [-0.1, -0.05) is 68.9 Å². The number of Topliss-reactive ketones (excluding diaryl/α,β-unsaturated/α-hetero) is 2. The Morgan fingerprint density at radius 3 is 1.40 bits per heavy atom. The van der Waals surface area contributed by atoms with Crippen LogP contribution in [-0.4, -0.2) is 11.6 Å². The molecule has 2 heterocycles. The van der Waals surface area contributed by atoms with Gasteiger partial charge in [-0.25, -0.2) is 0 Å². The second-order valence-corrected chi connectivity index (χ2v) is 14.4. The van der Waals surface area contributed by atoms with Crippen molar-refractivity contribution in [2.75, 3.05) is 0 Å². The van der Waals surface area contributed by atoms with Crippen molar-refractivity contribution in [1.29, 1.82) is 21.0 Å². The highest BCUT2D eigenvalue weighted by Crippen LogP contribution is 2.61. The molecule has 0 saturated heterocycles. The Bertz CT molecular complexity index is 2180. The van der Waals surface area contributed by atoms with E-state index < -0.39 is 0 Å². The lowest BCUT2D eigenvalue weighted by molar-refractivity contribution is -0.112. The first kappa shape index (κ1) is 34.0. The number of thiophene rings is 2. The molecule has 0 N–H and O–H groups in total. The fourth-order valence-electron chi connectivity index (χ4n) is 7.71. The maximum absolute atomic E-state index is 13.7. The molecule has 0 radical (unpaired) electrons. The number of nitriles is 4. The minimum absolute atomic E-state index is 0.116. The van der Waals surface area contributed by atoms with E-state index in [4.69, 9.17) is 0 Å². The number of allylic oxidation sites excluding steroid dienone is 16. The molecule has 4 aliphatic rings. The summed E-state index contributed by atoms with van der Waals surface area (Å²) in [5, 5.41) is 39.3. The van der Waals surface area contributed by atoms with Gasteiger partial charge in [-0.3, -0.25) is 9.59 Å². The summed E-state index contributed by atoms with van der Waals surface area (Å²) in [5.41, 5.74) is 5.18. The predicted molar refractivity (Wildman–Crippen MR) is 198 cm³/mol. The van der Waals surface area contributed by atoms with E-state index in [-0.39, 0.29) is 28.1 Å². The van der Waals surface area contributed by atoms with Crippen LogP contribution in [0, 0.1) is 45.3 Å². The fourth-order valence-corrected chi connectivity index (χ4v) is 10.3. The molecule has 6 nitrogen and oxygen atoms in total. The number of rotatable bonds is 4. The van der Waals surface area contributed by atoms with Crippen LogP contribution in [0.15, 0.2) is 117 Å². The molecule has 0 aromatic carbocycles. The number of hydrogen-bond donors (Lipinski definition) is 0. The Kier molecular flexibility index (Phi) is 9.20. The number of hydrogen-bond acceptors (Lipinski definition) is 8. The molecule has 8 heteroatoms. The molecule has 1 spiro atoms. The van der Waals surface area contributed by atoms with E-state index in [0.29, 0.717) is 44.6 Å². The summed E-state index contributed by atoms with van der Waals surface area (Å²) in [6, 6.07) is 12.2. The Labute approximate surface area is 299 Å². The molecular formula is C42H30N4O2S2. The predicted octanol–water partition coefficient (Wildman–Crippen LogP) is 9.78. The fraction of sp³-hybridized carbons (Fsp3) is 0.190. The van der Waals surface area contributed by atoms with Crippen molar-refractivity contribution < 1.29 is 9.59 Å². The average Bonchev–Trinajstić information content (AvgIpc) is 3.90. The number of ketones is 2. The van der Waals surface area contributed by atoms with Gasteiger partial charge in [-0.15, -0.1) is 22.7 Å². The zero-order valence-corrected chi connectivity index (χ0v) is 29.3. The van der Waals surface area contributed by atoms with Gasteiger partial charge >= 0.3 is 0 Å². The standard InChI is InChI=1S/C42H30N4O2S2/c1-5-12-30-28(7-3)36(24(20-43)21-44)32(38(30)47)16-26-18-34-40(49-26)41-35(42(34)14-10-9-11-15-42)19-27(50-41)17-33-37(25(22-45)23-46)29(8-4)31(13-6-2)39(33)48/h5-8,12-13,16-19H,1-2,9-11,14-15H2,3-4H3/b28-7?,29-8?,30-12+,31-13+,32-16-,33-17-. The first-order valence-corrected chi connectivity index (χ1v) is 17.8. The third-order valence-corrected chi connectivity index (χ3v) is 12.1. The largest absolute Gasteiger partial charge is 0.289 e. The highest BCUT2D eigenvalue weighted by atomic mass is 32.1. The second kappa shape index (κ2) is 13.5. The quantitative estimate of drug-likeness (QED) is 0.233. The van der Waals surface area contributed by atoms with E-state index in [1.54, 1.807) is 73.0 Å². The molecule has 3 fully saturated rings. The summed E-state index contributed by atoms with van der Waals surface area (Å²) >= 11 is 3.15. The van der Waals surface area contributed by atoms with Gasteiger partial charge in [-0.2, -0.15) is 21.0 Å². The maximum Gasteiger partial charge on any atom is 0.194 e. The lowest BCUT2D eigenvalue weighted by atomic mass is 9.68. The van der Waals surface area contributed by atoms with Gasteiger partial charge in [0, 0.05) is 58.4 Å². The zero-order valence-electron chi connectivity index (χ0n) is 27.6. The second-order valence-electron chi connectivity index (χ2n) is 12.2. The van der Waals surface area contributed by atoms with Crippen LogP contribution in [-0.2, 0) is 15.0 Å². The zero-order chi connectivity index (χ0) is 35.7. The van der Waals surface area contributed by atoms with Crippen molar-refractivity contribution in [2.45, 2.75) is 51.4 Å². The molecule has 4 aliphatic carbocycles. The molecule has 0 amide bonds. The van der Waals surface area contributed by atoms with Crippen LogP contribution in [0.25, 0.3) is 21.9 Å². The molecular weight excluding hydrogens is 657 g/mol. The molecule has 3 saturated carbocycles. The number of nitrogens with zero attached hydrogens (tertiary/aromatic N) is 4. The van der Waals surface area contributed by atoms with Crippen LogP contribution < -0.4 is 0 Å². The van der Waals surface area contributed by atoms with E-state index in [1.165, 1.54) is 23.3 Å². The van der Waals surface area contributed by atoms with Gasteiger partial charge < -0.3 is 0 Å². The SMILES string of the molecule is C=C/C=C1/C(=O)/C(=C\c2cc3c(s2)-c2sc(/C=C4\C(=O)/C(=C/C=C)C(=CC)C4=C(C#N)C#N)cc2C32CCCCC2)C(=C(C#N)C#N)C1=CC. The smallest absolute Gasteiger partial charge is 0.194 e. The van der Waals surface area contributed by atoms with Gasteiger partial charge in [-0.05, 0) is 73.2 Å². The summed E-state index contributed by atoms with van der Waals surface area (Å²) in [4.78, 5) is 31.4. The normalized spacial score (nSPS) is 22.3. The molecule has 6 rings (SSSR count). The van der Waals surface area contributed by atoms with E-state index in [9.17, 15) is 30.6 Å². The van der Waals surface area contributed by atoms with E-state index in [2.05, 4.69) is 25.3 Å². The van der Waals surface area contributed by atoms with Crippen molar-refractivity contribution >= 4 is 46.4 Å². The summed E-state index contributed by atoms with van der Waals surface area (Å²) in [7, 11) is 0. The van der Waals surface area contributed by atoms with Crippen molar-refractivity contribution in [2.24, 2.45) is 0 Å². The highest BCUT2D eigenvalue weighted by Gasteiger charge is 2.47. The summed E-state index contributed by atoms with van der Waals surface area (Å²) in [5.74, 6) is -0.514. The minimum atomic E-state index is -0.257. The molecule has 242 valence electrons. The van der Waals surface area contributed by atoms with Gasteiger partial charge in [0.15, 0.2) is 11.6 Å². The van der Waals surface area contributed by atoms with E-state index >= 15 is 0 Å². The summed E-state index contributed by atoms with van der Waals surface area (Å²) < 4.78 is 0. The average molecular weight is 687 g/mol. The lowest BCUT2D eigenvalue weighted by Gasteiger charge is -2.34. The van der Waals surface area contributed by atoms with Crippen molar-refractivity contribution in [3.05, 3.63) is 138 Å². The van der Waals surface area contributed by atoms with Crippen LogP contribution >= 0.6 is 22.7 Å². The van der Waals surface area contributed by atoms with E-state index in [1.807, 2.05) is 24.3 Å². The van der Waals surface area contributed by atoms with Gasteiger partial charge in [0.05, 0.1) is 0 Å². The van der Waals surface area contributed by atoms with Crippen LogP contribution in [0.2, 0.25) is 0 Å². The molecule has 50 heavy (non-hydrogen) atoms. The number of carbonyl (C=O) groups excluding carboxylic acids is 2. The number of carbonyl (C=O) groups is 2. The van der Waals surface area contributed by atoms with Gasteiger partial charge in [0.25, 0.3) is 0 Å². The van der Waals surface area contributed by atoms with Crippen molar-refractivity contribution in [1.82, 2.24) is 0 Å². The molecule has 2 aromatic heterocycles. The van der Waals surface area contributed by atoms with Crippen molar-refractivity contribution in [3.63, 3.8) is 0 Å². The summed E-state index contributed by atoms with van der Waals surface area (Å²) in [6.07, 6.45) is 18.6. The molecule has 2 aromatic rings. The van der Waals surface area contributed by atoms with E-state index in [0.717, 1.165) is 51.6 Å². The highest BCUT2D eigenvalue weighted by molar-refractivity contribution is 7.23. The first-order valence-electron chi connectivity index (χ1n) is 16.2. The third kappa shape index (κ3) is 5.10. The Balaban J connectivity index is 1.54. The number of fused-ring (bicyclic) bond motifs is 5. The minimum Gasteiger partial charge on any atom is -0.289 e. The Hall–Kier alpha value is -5.90. The van der Waals surface area contributed by atoms with Crippen LogP contribution in [0.3, 0.4) is 0 Å². The van der Waals surface area contributed by atoms with Crippen LogP contribution in [0.1, 0.15) is 66.8 Å². The van der Waals surface area contributed by atoms with Gasteiger partial charge in [0.2, 0.25) is 0 Å². The molecule has 0 bridgehead atoms. The molecule has 0 atom stereocenters.